The monoisotopic (exact) mass is 255 g/mol. The van der Waals surface area contributed by atoms with Crippen LogP contribution in [0.5, 0.6) is 0 Å². The number of hydrogen-bond acceptors (Lipinski definition) is 1. The summed E-state index contributed by atoms with van der Waals surface area (Å²) in [7, 11) is 0. The van der Waals surface area contributed by atoms with E-state index < -0.39 is 0 Å². The third kappa shape index (κ3) is 3.92. The van der Waals surface area contributed by atoms with Gasteiger partial charge in [-0.15, -0.1) is 0 Å². The molecule has 0 atom stereocenters. The Morgan fingerprint density at radius 1 is 1.50 bits per heavy atom. The number of halogens is 1. The highest BCUT2D eigenvalue weighted by molar-refractivity contribution is 9.10. The first-order valence-electron chi connectivity index (χ1n) is 4.73. The van der Waals surface area contributed by atoms with E-state index in [-0.39, 0.29) is 5.91 Å². The third-order valence-electron chi connectivity index (χ3n) is 1.95. The Kier molecular flexibility index (Phi) is 4.66. The Labute approximate surface area is 92.8 Å². The molecule has 1 aromatic rings. The first-order chi connectivity index (χ1) is 6.72. The molecule has 0 aromatic heterocycles. The van der Waals surface area contributed by atoms with Crippen molar-refractivity contribution < 1.29 is 4.79 Å². The molecule has 0 spiro atoms. The van der Waals surface area contributed by atoms with Crippen LogP contribution < -0.4 is 5.32 Å². The lowest BCUT2D eigenvalue weighted by Gasteiger charge is -2.03. The van der Waals surface area contributed by atoms with Gasteiger partial charge in [-0.05, 0) is 24.1 Å². The number of amides is 1. The van der Waals surface area contributed by atoms with Crippen molar-refractivity contribution in [3.8, 4) is 0 Å². The molecule has 0 aliphatic carbocycles. The van der Waals surface area contributed by atoms with Crippen LogP contribution in [0, 0.1) is 0 Å². The molecular weight excluding hydrogens is 242 g/mol. The molecule has 0 saturated heterocycles. The molecule has 14 heavy (non-hydrogen) atoms. The first-order valence-corrected chi connectivity index (χ1v) is 5.53. The van der Waals surface area contributed by atoms with Crippen LogP contribution in [0.4, 0.5) is 0 Å². The maximum absolute atomic E-state index is 10.9. The lowest BCUT2D eigenvalue weighted by molar-refractivity contribution is -0.120. The van der Waals surface area contributed by atoms with Gasteiger partial charge in [-0.1, -0.05) is 35.0 Å². The second-order valence-electron chi connectivity index (χ2n) is 3.08. The van der Waals surface area contributed by atoms with Crippen LogP contribution in [0.25, 0.3) is 0 Å². The fraction of sp³-hybridized carbons (Fsp3) is 0.364. The lowest BCUT2D eigenvalue weighted by atomic mass is 10.1. The molecule has 1 aromatic carbocycles. The fourth-order valence-electron chi connectivity index (χ4n) is 1.16. The Hall–Kier alpha value is -0.830. The second kappa shape index (κ2) is 5.81. The number of carbonyl (C=O) groups is 1. The van der Waals surface area contributed by atoms with Gasteiger partial charge in [-0.2, -0.15) is 0 Å². The van der Waals surface area contributed by atoms with E-state index >= 15 is 0 Å². The van der Waals surface area contributed by atoms with Crippen LogP contribution >= 0.6 is 15.9 Å². The second-order valence-corrected chi connectivity index (χ2v) is 4.00. The maximum atomic E-state index is 10.9. The molecule has 0 fully saturated rings. The van der Waals surface area contributed by atoms with Crippen LogP contribution in [0.1, 0.15) is 18.9 Å². The van der Waals surface area contributed by atoms with Gasteiger partial charge in [-0.25, -0.2) is 0 Å². The molecule has 2 nitrogen and oxygen atoms in total. The van der Waals surface area contributed by atoms with Gasteiger partial charge < -0.3 is 5.32 Å². The molecule has 0 saturated carbocycles. The van der Waals surface area contributed by atoms with Gasteiger partial charge in [0.25, 0.3) is 0 Å². The SMILES string of the molecule is CCC(=O)NCCc1cccc(Br)c1. The average Bonchev–Trinajstić information content (AvgIpc) is 2.17. The van der Waals surface area contributed by atoms with Crippen LogP contribution in [0.15, 0.2) is 28.7 Å². The summed E-state index contributed by atoms with van der Waals surface area (Å²) in [5.74, 6) is 0.111. The lowest BCUT2D eigenvalue weighted by Crippen LogP contribution is -2.24. The molecule has 0 unspecified atom stereocenters. The summed E-state index contributed by atoms with van der Waals surface area (Å²) in [6, 6.07) is 8.12. The summed E-state index contributed by atoms with van der Waals surface area (Å²) in [4.78, 5) is 10.9. The van der Waals surface area contributed by atoms with E-state index in [9.17, 15) is 4.79 Å². The minimum atomic E-state index is 0.111. The van der Waals surface area contributed by atoms with E-state index in [0.717, 1.165) is 10.9 Å². The van der Waals surface area contributed by atoms with Gasteiger partial charge in [0.1, 0.15) is 0 Å². The van der Waals surface area contributed by atoms with Crippen LogP contribution in [0.3, 0.4) is 0 Å². The minimum absolute atomic E-state index is 0.111. The molecule has 1 amide bonds. The van der Waals surface area contributed by atoms with Gasteiger partial charge in [0, 0.05) is 17.4 Å². The summed E-state index contributed by atoms with van der Waals surface area (Å²) in [6.07, 6.45) is 1.43. The summed E-state index contributed by atoms with van der Waals surface area (Å²) >= 11 is 3.41. The van der Waals surface area contributed by atoms with E-state index in [1.807, 2.05) is 19.1 Å². The van der Waals surface area contributed by atoms with Crippen LogP contribution in [0.2, 0.25) is 0 Å². The van der Waals surface area contributed by atoms with Gasteiger partial charge in [0.15, 0.2) is 0 Å². The van der Waals surface area contributed by atoms with Crippen molar-refractivity contribution in [2.24, 2.45) is 0 Å². The molecule has 0 radical (unpaired) electrons. The van der Waals surface area contributed by atoms with Gasteiger partial charge >= 0.3 is 0 Å². The van der Waals surface area contributed by atoms with E-state index in [0.29, 0.717) is 13.0 Å². The number of benzene rings is 1. The highest BCUT2D eigenvalue weighted by Gasteiger charge is 1.97. The normalized spacial score (nSPS) is 9.86. The minimum Gasteiger partial charge on any atom is -0.356 e. The molecule has 1 N–H and O–H groups in total. The highest BCUT2D eigenvalue weighted by atomic mass is 79.9. The standard InChI is InChI=1S/C11H14BrNO/c1-2-11(14)13-7-6-9-4-3-5-10(12)8-9/h3-5,8H,2,6-7H2,1H3,(H,13,14). The number of carbonyl (C=O) groups excluding carboxylic acids is 1. The highest BCUT2D eigenvalue weighted by Crippen LogP contribution is 2.11. The smallest absolute Gasteiger partial charge is 0.219 e. The number of nitrogens with one attached hydrogen (secondary N) is 1. The van der Waals surface area contributed by atoms with Crippen LogP contribution in [-0.4, -0.2) is 12.5 Å². The number of rotatable bonds is 4. The first kappa shape index (κ1) is 11.2. The van der Waals surface area contributed by atoms with E-state index in [2.05, 4.69) is 33.4 Å². The molecule has 3 heteroatoms. The predicted molar refractivity (Wildman–Crippen MR) is 61.1 cm³/mol. The summed E-state index contributed by atoms with van der Waals surface area (Å²) in [5.41, 5.74) is 1.23. The topological polar surface area (TPSA) is 29.1 Å². The molecule has 0 heterocycles. The van der Waals surface area contributed by atoms with Gasteiger partial charge in [0.05, 0.1) is 0 Å². The van der Waals surface area contributed by atoms with Crippen molar-refractivity contribution in [3.05, 3.63) is 34.3 Å². The largest absolute Gasteiger partial charge is 0.356 e. The Bertz CT molecular complexity index is 312. The third-order valence-corrected chi connectivity index (χ3v) is 2.44. The summed E-state index contributed by atoms with van der Waals surface area (Å²) < 4.78 is 1.08. The average molecular weight is 256 g/mol. The van der Waals surface area contributed by atoms with Crippen molar-refractivity contribution in [1.29, 1.82) is 0 Å². The van der Waals surface area contributed by atoms with Crippen molar-refractivity contribution in [3.63, 3.8) is 0 Å². The molecular formula is C11H14BrNO. The molecule has 0 aliphatic rings. The van der Waals surface area contributed by atoms with Gasteiger partial charge in [-0.3, -0.25) is 4.79 Å². The van der Waals surface area contributed by atoms with Crippen molar-refractivity contribution in [1.82, 2.24) is 5.32 Å². The predicted octanol–water partition coefficient (Wildman–Crippen LogP) is 2.52. The van der Waals surface area contributed by atoms with E-state index in [1.165, 1.54) is 5.56 Å². The molecule has 1 rings (SSSR count). The zero-order valence-corrected chi connectivity index (χ0v) is 9.80. The van der Waals surface area contributed by atoms with Crippen LogP contribution in [-0.2, 0) is 11.2 Å². The van der Waals surface area contributed by atoms with Crippen molar-refractivity contribution >= 4 is 21.8 Å². The summed E-state index contributed by atoms with van der Waals surface area (Å²) in [6.45, 7) is 2.57. The van der Waals surface area contributed by atoms with Crippen molar-refractivity contribution in [2.45, 2.75) is 19.8 Å². The molecule has 76 valence electrons. The number of hydrogen-bond donors (Lipinski definition) is 1. The Balaban J connectivity index is 2.35. The quantitative estimate of drug-likeness (QED) is 0.881. The Morgan fingerprint density at radius 3 is 2.93 bits per heavy atom. The fourth-order valence-corrected chi connectivity index (χ4v) is 1.61. The van der Waals surface area contributed by atoms with E-state index in [4.69, 9.17) is 0 Å². The zero-order valence-electron chi connectivity index (χ0n) is 8.22. The zero-order chi connectivity index (χ0) is 10.4. The maximum Gasteiger partial charge on any atom is 0.219 e. The van der Waals surface area contributed by atoms with Gasteiger partial charge in [0.2, 0.25) is 5.91 Å². The molecule has 0 aliphatic heterocycles. The Morgan fingerprint density at radius 2 is 2.29 bits per heavy atom. The summed E-state index contributed by atoms with van der Waals surface area (Å²) in [5, 5.41) is 2.85. The van der Waals surface area contributed by atoms with Crippen molar-refractivity contribution in [2.75, 3.05) is 6.54 Å². The van der Waals surface area contributed by atoms with E-state index in [1.54, 1.807) is 0 Å². The molecule has 0 bridgehead atoms.